The second-order valence-electron chi connectivity index (χ2n) is 30.3. The number of unbranched alkanes of at least 4 members (excludes halogenated alkanes) is 5. The number of carbonyl (C=O) groups is 5. The van der Waals surface area contributed by atoms with Gasteiger partial charge in [-0.25, -0.2) is 0 Å². The minimum Gasteiger partial charge on any atom is -0.508 e. The molecule has 0 aromatic heterocycles. The van der Waals surface area contributed by atoms with Crippen LogP contribution >= 0.6 is 12.4 Å². The van der Waals surface area contributed by atoms with Gasteiger partial charge in [-0.1, -0.05) is 106 Å². The van der Waals surface area contributed by atoms with E-state index in [1.165, 1.54) is 84.7 Å². The highest BCUT2D eigenvalue weighted by molar-refractivity contribution is 5.85. The zero-order valence-electron chi connectivity index (χ0n) is 58.4. The molecule has 0 saturated heterocycles. The molecule has 6 saturated carbocycles. The maximum absolute atomic E-state index is 12.3. The van der Waals surface area contributed by atoms with Crippen LogP contribution in [0.1, 0.15) is 306 Å². The topological polar surface area (TPSA) is 194 Å². The number of carboxylic acids is 1. The monoisotopic (exact) mass is 1310 g/mol. The molecule has 0 amide bonds. The highest BCUT2D eigenvalue weighted by atomic mass is 35.5. The van der Waals surface area contributed by atoms with E-state index in [-0.39, 0.29) is 64.9 Å². The molecule has 0 aliphatic heterocycles. The first-order chi connectivity index (χ1) is 44.1. The number of aromatic hydroxyl groups is 2. The normalized spacial score (nSPS) is 30.9. The first-order valence-electron chi connectivity index (χ1n) is 36.9. The molecule has 0 bridgehead atoms. The van der Waals surface area contributed by atoms with Crippen LogP contribution in [0.2, 0.25) is 0 Å². The van der Waals surface area contributed by atoms with Gasteiger partial charge in [0.2, 0.25) is 0 Å². The van der Waals surface area contributed by atoms with Gasteiger partial charge in [0.1, 0.15) is 35.2 Å². The van der Waals surface area contributed by atoms with Crippen molar-refractivity contribution in [3.8, 4) is 17.2 Å². The van der Waals surface area contributed by atoms with Gasteiger partial charge in [0.25, 0.3) is 0 Å². The van der Waals surface area contributed by atoms with E-state index < -0.39 is 5.97 Å². The van der Waals surface area contributed by atoms with E-state index >= 15 is 0 Å². The smallest absolute Gasteiger partial charge is 0.311 e. The third kappa shape index (κ3) is 18.2. The fraction of sp³-hybridized carbons (Fsp3) is 0.713. The number of aliphatic hydroxyl groups excluding tert-OH is 1. The Hall–Kier alpha value is -4.94. The number of carboxylic acid groups (broad SMARTS) is 1. The Morgan fingerprint density at radius 3 is 1.22 bits per heavy atom. The molecular weight excluding hydrogens is 1190 g/mol. The number of fused-ring (bicyclic) bond motifs is 15. The van der Waals surface area contributed by atoms with Gasteiger partial charge in [-0.15, -0.1) is 12.4 Å². The lowest BCUT2D eigenvalue weighted by molar-refractivity contribution is -0.158. The van der Waals surface area contributed by atoms with E-state index in [9.17, 15) is 39.3 Å². The summed E-state index contributed by atoms with van der Waals surface area (Å²) in [4.78, 5) is 56.5. The van der Waals surface area contributed by atoms with E-state index in [2.05, 4.69) is 72.7 Å². The predicted octanol–water partition coefficient (Wildman–Crippen LogP) is 19.1. The highest BCUT2D eigenvalue weighted by Crippen LogP contribution is 2.64. The van der Waals surface area contributed by atoms with E-state index in [0.717, 1.165) is 141 Å². The van der Waals surface area contributed by atoms with Gasteiger partial charge in [-0.05, 0) is 283 Å². The molecule has 0 heterocycles. The number of esters is 3. The number of Topliss-reactive ketones (excluding diaryl/α,β-unsaturated/α-hetero) is 1. The number of hydrogen-bond acceptors (Lipinski definition) is 11. The van der Waals surface area contributed by atoms with Crippen molar-refractivity contribution in [1.82, 2.24) is 0 Å². The van der Waals surface area contributed by atoms with Crippen molar-refractivity contribution in [1.29, 1.82) is 0 Å². The Balaban J connectivity index is 0.000000181. The molecular formula is C80H119ClO12. The average molecular weight is 1310 g/mol. The number of benzene rings is 3. The summed E-state index contributed by atoms with van der Waals surface area (Å²) in [5, 5.41) is 37.9. The van der Waals surface area contributed by atoms with Crippen molar-refractivity contribution >= 4 is 42.1 Å². The number of aryl methyl sites for hydroxylation is 3. The van der Waals surface area contributed by atoms with Crippen LogP contribution in [0.5, 0.6) is 17.2 Å². The highest BCUT2D eigenvalue weighted by Gasteiger charge is 2.58. The van der Waals surface area contributed by atoms with Gasteiger partial charge in [0, 0.05) is 42.9 Å². The molecule has 12 nitrogen and oxygen atoms in total. The zero-order chi connectivity index (χ0) is 66.3. The third-order valence-corrected chi connectivity index (χ3v) is 24.5. The minimum atomic E-state index is -0.693. The molecule has 0 spiro atoms. The van der Waals surface area contributed by atoms with Crippen molar-refractivity contribution in [3.05, 3.63) is 88.0 Å². The lowest BCUT2D eigenvalue weighted by Crippen LogP contribution is -2.45. The molecule has 0 unspecified atom stereocenters. The fourth-order valence-corrected chi connectivity index (χ4v) is 19.4. The molecule has 9 aliphatic rings. The molecule has 3 aromatic rings. The van der Waals surface area contributed by atoms with E-state index in [1.807, 2.05) is 37.3 Å². The number of aliphatic hydroxyl groups is 1. The predicted molar refractivity (Wildman–Crippen MR) is 371 cm³/mol. The average Bonchev–Trinajstić information content (AvgIpc) is 1.71. The molecule has 13 heteroatoms. The fourth-order valence-electron chi connectivity index (χ4n) is 19.4. The molecule has 518 valence electrons. The van der Waals surface area contributed by atoms with Gasteiger partial charge in [-0.2, -0.15) is 0 Å². The molecule has 93 heavy (non-hydrogen) atoms. The summed E-state index contributed by atoms with van der Waals surface area (Å²) in [5.41, 5.74) is 8.88. The number of halogens is 1. The number of aliphatic carboxylic acids is 1. The Kier molecular flexibility index (Phi) is 28.3. The summed E-state index contributed by atoms with van der Waals surface area (Å²) in [6.45, 7) is 19.1. The number of rotatable bonds is 18. The summed E-state index contributed by atoms with van der Waals surface area (Å²) >= 11 is 0. The Labute approximate surface area is 565 Å². The number of ketones is 1. The molecule has 9 aliphatic carbocycles. The van der Waals surface area contributed by atoms with Crippen LogP contribution in [0.4, 0.5) is 0 Å². The van der Waals surface area contributed by atoms with E-state index in [4.69, 9.17) is 19.3 Å². The first kappa shape index (κ1) is 75.4. The maximum atomic E-state index is 12.3. The lowest BCUT2D eigenvalue weighted by atomic mass is 9.55. The molecule has 6 fully saturated rings. The van der Waals surface area contributed by atoms with Crippen LogP contribution in [0, 0.1) is 51.8 Å². The quantitative estimate of drug-likeness (QED) is 0.0696. The maximum Gasteiger partial charge on any atom is 0.311 e. The minimum absolute atomic E-state index is 0. The number of hydrogen-bond donors (Lipinski definition) is 4. The summed E-state index contributed by atoms with van der Waals surface area (Å²) in [6, 6.07) is 18.2. The van der Waals surface area contributed by atoms with Crippen LogP contribution in [-0.4, -0.2) is 68.4 Å². The summed E-state index contributed by atoms with van der Waals surface area (Å²) in [7, 11) is 0. The van der Waals surface area contributed by atoms with Gasteiger partial charge in [0.05, 0.1) is 6.10 Å². The summed E-state index contributed by atoms with van der Waals surface area (Å²) in [5.74, 6) is 6.92. The van der Waals surface area contributed by atoms with Crippen molar-refractivity contribution < 1.29 is 58.6 Å². The van der Waals surface area contributed by atoms with Gasteiger partial charge < -0.3 is 39.4 Å². The Morgan fingerprint density at radius 2 is 0.817 bits per heavy atom. The summed E-state index contributed by atoms with van der Waals surface area (Å²) in [6.07, 6.45) is 32.9. The van der Waals surface area contributed by atoms with E-state index in [1.54, 1.807) is 6.92 Å². The molecule has 0 radical (unpaired) electrons. The van der Waals surface area contributed by atoms with Crippen LogP contribution < -0.4 is 4.74 Å². The number of ether oxygens (including phenoxy) is 3. The SMILES string of the molecule is CCCCC(=O)O.CCCCC(=O)O[C@H]1CC[C@H]2[C@@H]3CCc4cc(O)ccc4[C@H]3CC[C@]12C.CCCCC(=O)Oc1ccc2c(c1)CC[C@@H]1[C@@H]2CC[C@]2(C)[C@@H](OC(=O)CCCC)CC[C@@H]12.CCCCC(C)=O.C[C@]12CC[C@@H]3c4ccc(O)cc4CC[C@H]3[C@@H]1CC[C@@H]2O.Cl. The van der Waals surface area contributed by atoms with Crippen LogP contribution in [0.25, 0.3) is 0 Å². The van der Waals surface area contributed by atoms with Crippen molar-refractivity contribution in [2.75, 3.05) is 0 Å². The molecule has 3 aromatic carbocycles. The second-order valence-corrected chi connectivity index (χ2v) is 30.3. The zero-order valence-corrected chi connectivity index (χ0v) is 59.2. The molecule has 4 N–H and O–H groups in total. The van der Waals surface area contributed by atoms with Gasteiger partial charge >= 0.3 is 23.9 Å². The number of carbonyl (C=O) groups excluding carboxylic acids is 4. The standard InChI is InChI=1S/C28H40O4.C23H32O3.C18H24O2.C6H12O.C5H10O2.ClH/c1-4-6-8-26(29)31-20-11-13-21-19(18-20)10-12-23-22(21)16-17-28(3)24(23)14-15-25(28)32-27(30)9-7-5-2;1-3-4-5-22(25)26-21-11-10-20-19-8-6-15-14-16(24)7-9-17(15)18(19)12-13-23(20,21)2;1-18-9-8-14-13-5-3-12(19)10-11(13)2-4-15(14)16(18)6-7-17(18)20;1-3-4-5-6(2)7;1-2-3-4-5(6)7;/h11,13,18,22-25H,4-10,12,14-17H2,1-3H3;7,9,14,18-21,24H,3-6,8,10-13H2,1-2H3;3,5,10,14-17,19-20H,2,4,6-9H2,1H3;3-5H2,1-2H3;2-4H2,1H3,(H,6,7);1H/t22-,23-,24+,25+,28+;18-,19-,20+,21+,23+;14-,15-,16+,17+,18+;;;/m111.../s1. The number of phenolic OH excluding ortho intramolecular Hbond substituents is 2. The largest absolute Gasteiger partial charge is 0.508 e. The Morgan fingerprint density at radius 1 is 0.452 bits per heavy atom. The Bertz CT molecular complexity index is 2920. The van der Waals surface area contributed by atoms with Crippen LogP contribution in [0.3, 0.4) is 0 Å². The number of phenols is 2. The lowest BCUT2D eigenvalue weighted by Gasteiger charge is -2.50. The van der Waals surface area contributed by atoms with Crippen LogP contribution in [-0.2, 0) is 52.7 Å². The van der Waals surface area contributed by atoms with Crippen molar-refractivity contribution in [2.45, 2.75) is 310 Å². The van der Waals surface area contributed by atoms with Gasteiger partial charge in [0.15, 0.2) is 0 Å². The third-order valence-electron chi connectivity index (χ3n) is 24.5. The van der Waals surface area contributed by atoms with Crippen molar-refractivity contribution in [2.24, 2.45) is 51.8 Å². The first-order valence-corrected chi connectivity index (χ1v) is 36.9. The van der Waals surface area contributed by atoms with Gasteiger partial charge in [-0.3, -0.25) is 19.2 Å². The van der Waals surface area contributed by atoms with Crippen LogP contribution in [0.15, 0.2) is 54.6 Å². The molecule has 15 atom stereocenters. The second kappa shape index (κ2) is 34.8. The van der Waals surface area contributed by atoms with E-state index in [0.29, 0.717) is 96.1 Å². The molecule has 12 rings (SSSR count). The summed E-state index contributed by atoms with van der Waals surface area (Å²) < 4.78 is 17.6. The van der Waals surface area contributed by atoms with Crippen molar-refractivity contribution in [3.63, 3.8) is 0 Å².